The third-order valence-corrected chi connectivity index (χ3v) is 5.54. The van der Waals surface area contributed by atoms with E-state index in [2.05, 4.69) is 0 Å². The van der Waals surface area contributed by atoms with E-state index >= 15 is 0 Å². The van der Waals surface area contributed by atoms with Crippen LogP contribution in [0, 0.1) is 6.92 Å². The van der Waals surface area contributed by atoms with Gasteiger partial charge in [-0.15, -0.1) is 11.3 Å². The van der Waals surface area contributed by atoms with Gasteiger partial charge in [-0.25, -0.2) is 0 Å². The first kappa shape index (κ1) is 16.3. The Morgan fingerprint density at radius 1 is 1.39 bits per heavy atom. The Bertz CT molecular complexity index is 904. The number of thiophene rings is 1. The predicted molar refractivity (Wildman–Crippen MR) is 89.3 cm³/mol. The molecule has 0 saturated heterocycles. The number of hydrogen-bond donors (Lipinski definition) is 1. The lowest BCUT2D eigenvalue weighted by Crippen LogP contribution is -2.12. The summed E-state index contributed by atoms with van der Waals surface area (Å²) < 4.78 is 26.6. The van der Waals surface area contributed by atoms with E-state index in [0.29, 0.717) is 38.1 Å². The number of aromatic hydroxyl groups is 1. The quantitative estimate of drug-likeness (QED) is 0.627. The summed E-state index contributed by atoms with van der Waals surface area (Å²) in [6, 6.07) is 6.18. The molecule has 0 atom stereocenters. The molecule has 0 unspecified atom stereocenters. The number of halogens is 3. The van der Waals surface area contributed by atoms with E-state index in [1.54, 1.807) is 24.4 Å². The number of aryl methyl sites for hydroxylation is 1. The molecule has 3 nitrogen and oxygen atoms in total. The lowest BCUT2D eigenvalue weighted by atomic mass is 10.2. The van der Waals surface area contributed by atoms with Crippen molar-refractivity contribution in [1.29, 1.82) is 0 Å². The first-order valence-corrected chi connectivity index (χ1v) is 8.59. The summed E-state index contributed by atoms with van der Waals surface area (Å²) >= 11 is 7.58. The molecule has 0 saturated carbocycles. The first-order chi connectivity index (χ1) is 10.9. The fraction of sp³-hybridized carbons (Fsp3) is 0.133. The molecule has 3 rings (SSSR count). The van der Waals surface area contributed by atoms with Crippen LogP contribution in [-0.4, -0.2) is 21.3 Å². The summed E-state index contributed by atoms with van der Waals surface area (Å²) in [7, 11) is 0. The zero-order chi connectivity index (χ0) is 16.7. The van der Waals surface area contributed by atoms with E-state index in [-0.39, 0.29) is 16.7 Å². The molecular weight excluding hydrogens is 364 g/mol. The minimum absolute atomic E-state index is 0.0603. The van der Waals surface area contributed by atoms with Crippen molar-refractivity contribution in [1.82, 2.24) is 4.57 Å². The molecule has 1 aromatic carbocycles. The van der Waals surface area contributed by atoms with Crippen LogP contribution in [0.15, 0.2) is 33.9 Å². The lowest BCUT2D eigenvalue weighted by Gasteiger charge is -2.06. The Morgan fingerprint density at radius 2 is 2.13 bits per heavy atom. The van der Waals surface area contributed by atoms with Crippen LogP contribution in [-0.2, 0) is 0 Å². The normalized spacial score (nSPS) is 11.5. The molecule has 3 aromatic rings. The lowest BCUT2D eigenvalue weighted by molar-refractivity contribution is 0.0963. The van der Waals surface area contributed by atoms with Crippen LogP contribution >= 0.6 is 34.7 Å². The maximum absolute atomic E-state index is 12.7. The predicted octanol–water partition coefficient (Wildman–Crippen LogP) is 5.37. The Hall–Kier alpha value is -1.57. The van der Waals surface area contributed by atoms with Gasteiger partial charge in [-0.2, -0.15) is 8.78 Å². The van der Waals surface area contributed by atoms with Crippen molar-refractivity contribution in [2.24, 2.45) is 0 Å². The van der Waals surface area contributed by atoms with Gasteiger partial charge in [-0.1, -0.05) is 11.6 Å². The number of carbonyl (C=O) groups excluding carboxylic acids is 1. The van der Waals surface area contributed by atoms with Gasteiger partial charge >= 0.3 is 0 Å². The van der Waals surface area contributed by atoms with E-state index in [9.17, 15) is 18.7 Å². The van der Waals surface area contributed by atoms with Crippen molar-refractivity contribution in [3.05, 3.63) is 45.9 Å². The van der Waals surface area contributed by atoms with Gasteiger partial charge in [0.1, 0.15) is 5.75 Å². The Kier molecular flexibility index (Phi) is 4.35. The van der Waals surface area contributed by atoms with Crippen molar-refractivity contribution >= 4 is 51.5 Å². The highest BCUT2D eigenvalue weighted by atomic mass is 35.5. The van der Waals surface area contributed by atoms with Crippen molar-refractivity contribution in [3.63, 3.8) is 0 Å². The average molecular weight is 374 g/mol. The maximum atomic E-state index is 12.7. The minimum Gasteiger partial charge on any atom is -0.506 e. The molecule has 2 aromatic heterocycles. The van der Waals surface area contributed by atoms with Crippen LogP contribution in [0.5, 0.6) is 5.75 Å². The Balaban J connectivity index is 2.06. The number of benzene rings is 1. The molecule has 0 bridgehead atoms. The van der Waals surface area contributed by atoms with Crippen LogP contribution in [0.4, 0.5) is 8.78 Å². The number of phenols is 1. The average Bonchev–Trinajstić information content (AvgIpc) is 3.06. The molecule has 0 aliphatic heterocycles. The zero-order valence-corrected chi connectivity index (χ0v) is 14.1. The zero-order valence-electron chi connectivity index (χ0n) is 11.7. The molecule has 8 heteroatoms. The monoisotopic (exact) mass is 373 g/mol. The third-order valence-electron chi connectivity index (χ3n) is 3.31. The highest BCUT2D eigenvalue weighted by Crippen LogP contribution is 2.35. The summed E-state index contributed by atoms with van der Waals surface area (Å²) in [6.45, 7) is 1.74. The molecule has 0 aliphatic rings. The molecule has 0 fully saturated rings. The molecule has 120 valence electrons. The summed E-state index contributed by atoms with van der Waals surface area (Å²) in [5, 5.41) is 12.0. The third kappa shape index (κ3) is 2.96. The van der Waals surface area contributed by atoms with Gasteiger partial charge < -0.3 is 5.11 Å². The maximum Gasteiger partial charge on any atom is 0.289 e. The van der Waals surface area contributed by atoms with Crippen LogP contribution < -0.4 is 0 Å². The topological polar surface area (TPSA) is 42.2 Å². The SMILES string of the molecule is Cc1cc2c(Cl)c(O)ccc2n1C(=O)c1csc(SC(F)F)c1. The smallest absolute Gasteiger partial charge is 0.289 e. The molecule has 0 spiro atoms. The summed E-state index contributed by atoms with van der Waals surface area (Å²) in [6.07, 6.45) is 0. The molecular formula is C15H10ClF2NO2S2. The van der Waals surface area contributed by atoms with Crippen LogP contribution in [0.3, 0.4) is 0 Å². The van der Waals surface area contributed by atoms with Gasteiger partial charge in [-0.05, 0) is 43.0 Å². The van der Waals surface area contributed by atoms with Gasteiger partial charge in [0.25, 0.3) is 11.7 Å². The van der Waals surface area contributed by atoms with Crippen molar-refractivity contribution < 1.29 is 18.7 Å². The number of rotatable bonds is 3. The van der Waals surface area contributed by atoms with Gasteiger partial charge in [0.2, 0.25) is 0 Å². The van der Waals surface area contributed by atoms with E-state index in [0.717, 1.165) is 11.3 Å². The second-order valence-corrected chi connectivity index (χ2v) is 7.37. The summed E-state index contributed by atoms with van der Waals surface area (Å²) in [5.41, 5.74) is 1.54. The number of thioether (sulfide) groups is 1. The van der Waals surface area contributed by atoms with E-state index in [4.69, 9.17) is 11.6 Å². The molecule has 1 N–H and O–H groups in total. The first-order valence-electron chi connectivity index (χ1n) is 6.46. The highest BCUT2D eigenvalue weighted by molar-refractivity contribution is 8.01. The molecule has 23 heavy (non-hydrogen) atoms. The molecule has 0 aliphatic carbocycles. The number of nitrogens with zero attached hydrogens (tertiary/aromatic N) is 1. The Labute approximate surface area is 143 Å². The molecule has 0 radical (unpaired) electrons. The standard InChI is InChI=1S/C15H10ClF2NO2S2/c1-7-4-9-10(2-3-11(20)13(9)16)19(7)14(21)8-5-12(22-6-8)23-15(17)18/h2-6,15,20H,1H3. The largest absolute Gasteiger partial charge is 0.506 e. The van der Waals surface area contributed by atoms with Gasteiger partial charge in [0, 0.05) is 16.5 Å². The molecule has 2 heterocycles. The van der Waals surface area contributed by atoms with E-state index < -0.39 is 5.76 Å². The van der Waals surface area contributed by atoms with Crippen molar-refractivity contribution in [2.45, 2.75) is 16.9 Å². The van der Waals surface area contributed by atoms with Crippen LogP contribution in [0.25, 0.3) is 10.9 Å². The summed E-state index contributed by atoms with van der Waals surface area (Å²) in [4.78, 5) is 12.7. The van der Waals surface area contributed by atoms with Gasteiger partial charge in [-0.3, -0.25) is 9.36 Å². The fourth-order valence-electron chi connectivity index (χ4n) is 2.34. The van der Waals surface area contributed by atoms with Crippen molar-refractivity contribution in [2.75, 3.05) is 0 Å². The summed E-state index contributed by atoms with van der Waals surface area (Å²) in [5.74, 6) is -2.90. The minimum atomic E-state index is -2.52. The van der Waals surface area contributed by atoms with Gasteiger partial charge in [0.15, 0.2) is 0 Å². The highest BCUT2D eigenvalue weighted by Gasteiger charge is 2.19. The number of hydrogen-bond acceptors (Lipinski definition) is 4. The van der Waals surface area contributed by atoms with Crippen molar-refractivity contribution in [3.8, 4) is 5.75 Å². The second-order valence-electron chi connectivity index (χ2n) is 4.79. The number of aromatic nitrogens is 1. The number of phenolic OH excluding ortho intramolecular Hbond substituents is 1. The fourth-order valence-corrected chi connectivity index (χ4v) is 4.12. The molecule has 0 amide bonds. The van der Waals surface area contributed by atoms with E-state index in [1.165, 1.54) is 16.7 Å². The van der Waals surface area contributed by atoms with Gasteiger partial charge in [0.05, 0.1) is 20.3 Å². The second kappa shape index (κ2) is 6.14. The van der Waals surface area contributed by atoms with E-state index in [1.807, 2.05) is 0 Å². The van der Waals surface area contributed by atoms with Crippen LogP contribution in [0.1, 0.15) is 16.1 Å². The van der Waals surface area contributed by atoms with Crippen LogP contribution in [0.2, 0.25) is 5.02 Å². The Morgan fingerprint density at radius 3 is 2.83 bits per heavy atom. The number of carbonyl (C=O) groups is 1. The number of alkyl halides is 2. The number of fused-ring (bicyclic) bond motifs is 1.